The molecule has 4 aliphatic rings. The summed E-state index contributed by atoms with van der Waals surface area (Å²) in [5.41, 5.74) is 2.11. The van der Waals surface area contributed by atoms with Crippen molar-refractivity contribution in [3.05, 3.63) is 29.8 Å². The molecule has 5 rings (SSSR count). The lowest BCUT2D eigenvalue weighted by atomic mass is 9.89. The Kier molecular flexibility index (Phi) is 8.34. The number of nitrogens with zero attached hydrogens (tertiary/aromatic N) is 4. The fourth-order valence-corrected chi connectivity index (χ4v) is 7.43. The average molecular weight is 481 g/mol. The van der Waals surface area contributed by atoms with Crippen LogP contribution in [0.4, 0.5) is 5.69 Å². The highest BCUT2D eigenvalue weighted by Crippen LogP contribution is 2.31. The van der Waals surface area contributed by atoms with Crippen molar-refractivity contribution in [2.45, 2.75) is 108 Å². The maximum atomic E-state index is 13.3. The van der Waals surface area contributed by atoms with Gasteiger partial charge in [-0.15, -0.1) is 0 Å². The summed E-state index contributed by atoms with van der Waals surface area (Å²) in [6.07, 6.45) is 15.8. The molecule has 0 aromatic heterocycles. The molecular formula is C30H48N4O. The predicted molar refractivity (Wildman–Crippen MR) is 145 cm³/mol. The van der Waals surface area contributed by atoms with Crippen molar-refractivity contribution in [2.75, 3.05) is 44.7 Å². The van der Waals surface area contributed by atoms with Crippen molar-refractivity contribution in [2.24, 2.45) is 0 Å². The molecule has 0 bridgehead atoms. The van der Waals surface area contributed by atoms with E-state index in [2.05, 4.69) is 45.9 Å². The molecule has 0 spiro atoms. The number of hydrogen-bond donors (Lipinski definition) is 0. The quantitative estimate of drug-likeness (QED) is 0.565. The molecular weight excluding hydrogens is 432 g/mol. The maximum absolute atomic E-state index is 13.3. The van der Waals surface area contributed by atoms with Crippen molar-refractivity contribution in [3.8, 4) is 0 Å². The summed E-state index contributed by atoms with van der Waals surface area (Å²) in [5, 5.41) is 0. The van der Waals surface area contributed by atoms with Gasteiger partial charge in [0.2, 0.25) is 0 Å². The first-order chi connectivity index (χ1) is 17.1. The van der Waals surface area contributed by atoms with Gasteiger partial charge in [0.25, 0.3) is 5.91 Å². The number of amides is 1. The minimum Gasteiger partial charge on any atom is -0.371 e. The fraction of sp³-hybridized carbons (Fsp3) is 0.767. The minimum absolute atomic E-state index is 0.184. The standard InChI is InChI=1S/C30H48N4O/c1-24-23-29(17-22-34(24)28-9-5-3-6-10-28)31(2)30(35)25-11-13-26(14-12-25)33-20-15-27(16-21-33)32-18-7-4-8-19-32/h11-14,24,27-29H,3-10,15-23H2,1-2H3. The van der Waals surface area contributed by atoms with Crippen LogP contribution in [-0.4, -0.2) is 84.5 Å². The largest absolute Gasteiger partial charge is 0.371 e. The predicted octanol–water partition coefficient (Wildman–Crippen LogP) is 5.40. The van der Waals surface area contributed by atoms with Gasteiger partial charge in [0, 0.05) is 62.1 Å². The fourth-order valence-electron chi connectivity index (χ4n) is 7.43. The summed E-state index contributed by atoms with van der Waals surface area (Å²) >= 11 is 0. The van der Waals surface area contributed by atoms with E-state index in [1.165, 1.54) is 83.0 Å². The highest BCUT2D eigenvalue weighted by Gasteiger charge is 2.34. The number of carbonyl (C=O) groups excluding carboxylic acids is 1. The lowest BCUT2D eigenvalue weighted by molar-refractivity contribution is 0.0346. The Morgan fingerprint density at radius 3 is 2.09 bits per heavy atom. The van der Waals surface area contributed by atoms with E-state index >= 15 is 0 Å². The smallest absolute Gasteiger partial charge is 0.253 e. The lowest BCUT2D eigenvalue weighted by Gasteiger charge is -2.45. The molecule has 0 N–H and O–H groups in total. The second kappa shape index (κ2) is 11.6. The summed E-state index contributed by atoms with van der Waals surface area (Å²) in [4.78, 5) is 23.4. The van der Waals surface area contributed by atoms with E-state index < -0.39 is 0 Å². The van der Waals surface area contributed by atoms with E-state index in [1.807, 2.05) is 11.9 Å². The van der Waals surface area contributed by atoms with Gasteiger partial charge in [-0.3, -0.25) is 9.69 Å². The van der Waals surface area contributed by atoms with Crippen LogP contribution in [-0.2, 0) is 0 Å². The zero-order valence-electron chi connectivity index (χ0n) is 22.3. The molecule has 1 saturated carbocycles. The molecule has 4 fully saturated rings. The van der Waals surface area contributed by atoms with Gasteiger partial charge in [-0.25, -0.2) is 0 Å². The number of hydrogen-bond acceptors (Lipinski definition) is 4. The van der Waals surface area contributed by atoms with Crippen molar-refractivity contribution >= 4 is 11.6 Å². The Morgan fingerprint density at radius 2 is 1.43 bits per heavy atom. The van der Waals surface area contributed by atoms with Crippen molar-refractivity contribution in [1.29, 1.82) is 0 Å². The van der Waals surface area contributed by atoms with E-state index in [9.17, 15) is 4.79 Å². The highest BCUT2D eigenvalue weighted by molar-refractivity contribution is 5.94. The molecule has 1 aromatic carbocycles. The number of carbonyl (C=O) groups is 1. The molecule has 194 valence electrons. The van der Waals surface area contributed by atoms with Gasteiger partial charge < -0.3 is 14.7 Å². The van der Waals surface area contributed by atoms with Crippen LogP contribution in [0.15, 0.2) is 24.3 Å². The Hall–Kier alpha value is -1.59. The second-order valence-electron chi connectivity index (χ2n) is 11.8. The topological polar surface area (TPSA) is 30.0 Å². The maximum Gasteiger partial charge on any atom is 0.253 e. The molecule has 0 radical (unpaired) electrons. The Bertz CT molecular complexity index is 806. The third-order valence-electron chi connectivity index (χ3n) is 9.66. The molecule has 1 amide bonds. The van der Waals surface area contributed by atoms with Crippen LogP contribution in [0.5, 0.6) is 0 Å². The van der Waals surface area contributed by atoms with Crippen LogP contribution in [0.3, 0.4) is 0 Å². The minimum atomic E-state index is 0.184. The third-order valence-corrected chi connectivity index (χ3v) is 9.66. The number of benzene rings is 1. The van der Waals surface area contributed by atoms with E-state index in [-0.39, 0.29) is 5.91 Å². The first kappa shape index (κ1) is 25.1. The summed E-state index contributed by atoms with van der Waals surface area (Å²) in [7, 11) is 2.02. The van der Waals surface area contributed by atoms with Crippen LogP contribution in [0.25, 0.3) is 0 Å². The van der Waals surface area contributed by atoms with Crippen LogP contribution in [0.2, 0.25) is 0 Å². The van der Waals surface area contributed by atoms with Crippen LogP contribution in [0, 0.1) is 0 Å². The zero-order valence-corrected chi connectivity index (χ0v) is 22.3. The molecule has 5 heteroatoms. The average Bonchev–Trinajstić information content (AvgIpc) is 2.93. The SMILES string of the molecule is CC1CC(N(C)C(=O)c2ccc(N3CCC(N4CCCCC4)CC3)cc2)CCN1C1CCCCC1. The van der Waals surface area contributed by atoms with E-state index in [0.717, 1.165) is 50.1 Å². The monoisotopic (exact) mass is 480 g/mol. The molecule has 2 unspecified atom stereocenters. The first-order valence-corrected chi connectivity index (χ1v) is 14.7. The second-order valence-corrected chi connectivity index (χ2v) is 11.8. The lowest BCUT2D eigenvalue weighted by Crippen LogP contribution is -2.53. The molecule has 3 saturated heterocycles. The van der Waals surface area contributed by atoms with Crippen molar-refractivity contribution in [3.63, 3.8) is 0 Å². The van der Waals surface area contributed by atoms with Gasteiger partial charge in [0.1, 0.15) is 0 Å². The number of piperidine rings is 3. The molecule has 1 aromatic rings. The van der Waals surface area contributed by atoms with Crippen LogP contribution >= 0.6 is 0 Å². The molecule has 5 nitrogen and oxygen atoms in total. The van der Waals surface area contributed by atoms with E-state index in [0.29, 0.717) is 12.1 Å². The molecule has 1 aliphatic carbocycles. The van der Waals surface area contributed by atoms with Gasteiger partial charge in [0.05, 0.1) is 0 Å². The highest BCUT2D eigenvalue weighted by atomic mass is 16.2. The van der Waals surface area contributed by atoms with Gasteiger partial charge >= 0.3 is 0 Å². The van der Waals surface area contributed by atoms with E-state index in [1.54, 1.807) is 0 Å². The van der Waals surface area contributed by atoms with Crippen molar-refractivity contribution in [1.82, 2.24) is 14.7 Å². The summed E-state index contributed by atoms with van der Waals surface area (Å²) in [6.45, 7) is 8.38. The Balaban J connectivity index is 1.12. The molecule has 2 atom stereocenters. The molecule has 3 heterocycles. The normalized spacial score (nSPS) is 28.2. The van der Waals surface area contributed by atoms with E-state index in [4.69, 9.17) is 0 Å². The van der Waals surface area contributed by atoms with Gasteiger partial charge in [-0.1, -0.05) is 25.7 Å². The van der Waals surface area contributed by atoms with Crippen LogP contribution < -0.4 is 4.90 Å². The van der Waals surface area contributed by atoms with Gasteiger partial charge in [0.15, 0.2) is 0 Å². The number of likely N-dealkylation sites (tertiary alicyclic amines) is 2. The van der Waals surface area contributed by atoms with Gasteiger partial charge in [-0.05, 0) is 95.6 Å². The molecule has 3 aliphatic heterocycles. The van der Waals surface area contributed by atoms with Gasteiger partial charge in [-0.2, -0.15) is 0 Å². The number of anilines is 1. The van der Waals surface area contributed by atoms with Crippen LogP contribution in [0.1, 0.15) is 94.3 Å². The molecule has 35 heavy (non-hydrogen) atoms. The summed E-state index contributed by atoms with van der Waals surface area (Å²) < 4.78 is 0. The zero-order chi connectivity index (χ0) is 24.2. The Labute approximate surface area is 213 Å². The summed E-state index contributed by atoms with van der Waals surface area (Å²) in [6, 6.07) is 10.9. The van der Waals surface area contributed by atoms with Crippen molar-refractivity contribution < 1.29 is 4.79 Å². The number of rotatable bonds is 5. The summed E-state index contributed by atoms with van der Waals surface area (Å²) in [5.74, 6) is 0.184. The Morgan fingerprint density at radius 1 is 0.771 bits per heavy atom. The first-order valence-electron chi connectivity index (χ1n) is 14.7. The third kappa shape index (κ3) is 5.88.